The Morgan fingerprint density at radius 2 is 2.26 bits per heavy atom. The van der Waals surface area contributed by atoms with E-state index < -0.39 is 16.6 Å². The average Bonchev–Trinajstić information content (AvgIpc) is 2.54. The molecule has 0 spiro atoms. The predicted octanol–water partition coefficient (Wildman–Crippen LogP) is 0.974. The second-order valence-electron chi connectivity index (χ2n) is 5.19. The predicted molar refractivity (Wildman–Crippen MR) is 81.3 cm³/mol. The molecule has 1 aliphatic heterocycles. The van der Waals surface area contributed by atoms with Crippen molar-refractivity contribution in [1.82, 2.24) is 9.88 Å². The third kappa shape index (κ3) is 3.74. The van der Waals surface area contributed by atoms with Gasteiger partial charge in [-0.1, -0.05) is 13.3 Å². The number of rotatable bonds is 6. The lowest BCUT2D eigenvalue weighted by molar-refractivity contribution is -0.389. The molecule has 2 heterocycles. The average molecular weight is 322 g/mol. The molecule has 9 nitrogen and oxygen atoms in total. The van der Waals surface area contributed by atoms with E-state index in [-0.39, 0.29) is 30.6 Å². The van der Waals surface area contributed by atoms with Crippen LogP contribution in [0, 0.1) is 10.1 Å². The fraction of sp³-hybridized carbons (Fsp3) is 0.500. The standard InChI is InChI=1S/C14H18N4O5/c1-3-4-7-16(2)12(19)8-17-13(20)9-23-10-5-6-11(18(21)22)15-14(10)17/h5-6H,3-4,7-9H2,1-2H3. The van der Waals surface area contributed by atoms with E-state index in [0.717, 1.165) is 17.7 Å². The Kier molecular flexibility index (Phi) is 5.09. The normalized spacial score (nSPS) is 13.3. The Labute approximate surface area is 133 Å². The van der Waals surface area contributed by atoms with Crippen LogP contribution in [-0.4, -0.2) is 53.4 Å². The van der Waals surface area contributed by atoms with Crippen molar-refractivity contribution < 1.29 is 19.2 Å². The van der Waals surface area contributed by atoms with Crippen molar-refractivity contribution in [2.24, 2.45) is 0 Å². The van der Waals surface area contributed by atoms with E-state index in [1.165, 1.54) is 17.0 Å². The molecule has 0 saturated heterocycles. The maximum Gasteiger partial charge on any atom is 0.366 e. The molecule has 124 valence electrons. The summed E-state index contributed by atoms with van der Waals surface area (Å²) in [7, 11) is 1.66. The maximum absolute atomic E-state index is 12.2. The highest BCUT2D eigenvalue weighted by Crippen LogP contribution is 2.31. The summed E-state index contributed by atoms with van der Waals surface area (Å²) in [5, 5.41) is 10.8. The molecule has 1 aliphatic rings. The number of anilines is 1. The number of nitro groups is 1. The molecule has 0 bridgehead atoms. The second-order valence-corrected chi connectivity index (χ2v) is 5.19. The van der Waals surface area contributed by atoms with Crippen LogP contribution < -0.4 is 9.64 Å². The van der Waals surface area contributed by atoms with E-state index in [1.807, 2.05) is 6.92 Å². The van der Waals surface area contributed by atoms with Crippen LogP contribution in [-0.2, 0) is 9.59 Å². The maximum atomic E-state index is 12.2. The molecule has 0 unspecified atom stereocenters. The van der Waals surface area contributed by atoms with E-state index in [2.05, 4.69) is 4.98 Å². The van der Waals surface area contributed by atoms with Gasteiger partial charge in [-0.25, -0.2) is 0 Å². The van der Waals surface area contributed by atoms with E-state index >= 15 is 0 Å². The van der Waals surface area contributed by atoms with Crippen LogP contribution in [0.5, 0.6) is 5.75 Å². The molecule has 0 atom stereocenters. The Bertz CT molecular complexity index is 634. The Morgan fingerprint density at radius 3 is 2.91 bits per heavy atom. The zero-order valence-corrected chi connectivity index (χ0v) is 13.0. The number of ether oxygens (including phenoxy) is 1. The van der Waals surface area contributed by atoms with Crippen LogP contribution in [0.1, 0.15) is 19.8 Å². The van der Waals surface area contributed by atoms with E-state index in [9.17, 15) is 19.7 Å². The first-order valence-corrected chi connectivity index (χ1v) is 7.26. The van der Waals surface area contributed by atoms with Crippen LogP contribution in [0.2, 0.25) is 0 Å². The number of fused-ring (bicyclic) bond motifs is 1. The molecule has 23 heavy (non-hydrogen) atoms. The quantitative estimate of drug-likeness (QED) is 0.571. The lowest BCUT2D eigenvalue weighted by atomic mass is 10.3. The molecule has 0 aromatic carbocycles. The van der Waals surface area contributed by atoms with Crippen LogP contribution >= 0.6 is 0 Å². The molecular weight excluding hydrogens is 304 g/mol. The highest BCUT2D eigenvalue weighted by atomic mass is 16.6. The van der Waals surface area contributed by atoms with Gasteiger partial charge in [0.2, 0.25) is 5.91 Å². The zero-order chi connectivity index (χ0) is 17.0. The van der Waals surface area contributed by atoms with Gasteiger partial charge in [-0.3, -0.25) is 14.5 Å². The minimum atomic E-state index is -0.660. The SMILES string of the molecule is CCCCN(C)C(=O)CN1C(=O)COc2ccc([N+](=O)[O-])nc21. The number of hydrogen-bond donors (Lipinski definition) is 0. The number of amides is 2. The lowest BCUT2D eigenvalue weighted by Gasteiger charge is -2.26. The minimum absolute atomic E-state index is 0.00712. The number of likely N-dealkylation sites (N-methyl/N-ethyl adjacent to an activating group) is 1. The number of hydrogen-bond acceptors (Lipinski definition) is 6. The molecule has 1 aromatic rings. The van der Waals surface area contributed by atoms with Gasteiger partial charge >= 0.3 is 5.82 Å². The third-order valence-corrected chi connectivity index (χ3v) is 3.49. The molecule has 0 aliphatic carbocycles. The summed E-state index contributed by atoms with van der Waals surface area (Å²) in [6.45, 7) is 2.16. The molecule has 9 heteroatoms. The molecule has 0 N–H and O–H groups in total. The van der Waals surface area contributed by atoms with Gasteiger partial charge in [0.15, 0.2) is 12.4 Å². The van der Waals surface area contributed by atoms with Gasteiger partial charge in [0.05, 0.1) is 0 Å². The number of carbonyl (C=O) groups is 2. The summed E-state index contributed by atoms with van der Waals surface area (Å²) in [6.07, 6.45) is 1.81. The summed E-state index contributed by atoms with van der Waals surface area (Å²) >= 11 is 0. The topological polar surface area (TPSA) is 106 Å². The van der Waals surface area contributed by atoms with Gasteiger partial charge < -0.3 is 19.8 Å². The van der Waals surface area contributed by atoms with Crippen molar-refractivity contribution >= 4 is 23.5 Å². The smallest absolute Gasteiger partial charge is 0.366 e. The second kappa shape index (κ2) is 7.03. The first-order valence-electron chi connectivity index (χ1n) is 7.26. The molecule has 2 rings (SSSR count). The largest absolute Gasteiger partial charge is 0.477 e. The zero-order valence-electron chi connectivity index (χ0n) is 13.0. The number of pyridine rings is 1. The van der Waals surface area contributed by atoms with E-state index in [4.69, 9.17) is 4.74 Å². The van der Waals surface area contributed by atoms with E-state index in [1.54, 1.807) is 7.05 Å². The van der Waals surface area contributed by atoms with Crippen molar-refractivity contribution in [2.75, 3.05) is 31.6 Å². The number of aromatic nitrogens is 1. The summed E-state index contributed by atoms with van der Waals surface area (Å²) in [6, 6.07) is 2.58. The van der Waals surface area contributed by atoms with Crippen molar-refractivity contribution in [3.8, 4) is 5.75 Å². The fourth-order valence-corrected chi connectivity index (χ4v) is 2.11. The molecule has 0 fully saturated rings. The van der Waals surface area contributed by atoms with E-state index in [0.29, 0.717) is 6.54 Å². The fourth-order valence-electron chi connectivity index (χ4n) is 2.11. The number of unbranched alkanes of at least 4 members (excludes halogenated alkanes) is 1. The molecular formula is C14H18N4O5. The summed E-state index contributed by atoms with van der Waals surface area (Å²) in [4.78, 5) is 40.9. The van der Waals surface area contributed by atoms with Crippen LogP contribution in [0.4, 0.5) is 11.6 Å². The number of nitrogens with zero attached hydrogens (tertiary/aromatic N) is 4. The highest BCUT2D eigenvalue weighted by molar-refractivity contribution is 6.01. The van der Waals surface area contributed by atoms with Crippen LogP contribution in [0.25, 0.3) is 0 Å². The van der Waals surface area contributed by atoms with Gasteiger partial charge in [0, 0.05) is 19.7 Å². The third-order valence-electron chi connectivity index (χ3n) is 3.49. The lowest BCUT2D eigenvalue weighted by Crippen LogP contribution is -2.46. The van der Waals surface area contributed by atoms with Crippen molar-refractivity contribution in [3.05, 3.63) is 22.2 Å². The molecule has 0 radical (unpaired) electrons. The van der Waals surface area contributed by atoms with Crippen molar-refractivity contribution in [1.29, 1.82) is 0 Å². The van der Waals surface area contributed by atoms with Crippen molar-refractivity contribution in [2.45, 2.75) is 19.8 Å². The van der Waals surface area contributed by atoms with Crippen LogP contribution in [0.15, 0.2) is 12.1 Å². The number of carbonyl (C=O) groups excluding carboxylic acids is 2. The summed E-state index contributed by atoms with van der Waals surface area (Å²) in [5.41, 5.74) is 0. The van der Waals surface area contributed by atoms with Gasteiger partial charge in [-0.05, 0) is 22.4 Å². The van der Waals surface area contributed by atoms with Crippen molar-refractivity contribution in [3.63, 3.8) is 0 Å². The molecule has 2 amide bonds. The highest BCUT2D eigenvalue weighted by Gasteiger charge is 2.34. The van der Waals surface area contributed by atoms with Crippen LogP contribution in [0.3, 0.4) is 0 Å². The molecule has 0 saturated carbocycles. The van der Waals surface area contributed by atoms with Gasteiger partial charge in [0.25, 0.3) is 11.7 Å². The molecule has 1 aromatic heterocycles. The van der Waals surface area contributed by atoms with Gasteiger partial charge in [-0.15, -0.1) is 0 Å². The monoisotopic (exact) mass is 322 g/mol. The Hall–Kier alpha value is -2.71. The summed E-state index contributed by atoms with van der Waals surface area (Å²) < 4.78 is 5.21. The van der Waals surface area contributed by atoms with Gasteiger partial charge in [0.1, 0.15) is 6.54 Å². The Morgan fingerprint density at radius 1 is 1.52 bits per heavy atom. The first kappa shape index (κ1) is 16.7. The van der Waals surface area contributed by atoms with Gasteiger partial charge in [-0.2, -0.15) is 0 Å². The Balaban J connectivity index is 2.22. The first-order chi connectivity index (χ1) is 10.9. The minimum Gasteiger partial charge on any atom is -0.477 e. The summed E-state index contributed by atoms with van der Waals surface area (Å²) in [5.74, 6) is -0.860.